The number of rotatable bonds is 4. The normalized spacial score (nSPS) is 26.0. The Morgan fingerprint density at radius 3 is 3.00 bits per heavy atom. The Morgan fingerprint density at radius 1 is 1.50 bits per heavy atom. The van der Waals surface area contributed by atoms with Crippen molar-refractivity contribution in [3.8, 4) is 0 Å². The summed E-state index contributed by atoms with van der Waals surface area (Å²) in [5, 5.41) is 0. The second-order valence-electron chi connectivity index (χ2n) is 3.55. The molecule has 12 heavy (non-hydrogen) atoms. The van der Waals surface area contributed by atoms with E-state index in [4.69, 9.17) is 5.84 Å². The van der Waals surface area contributed by atoms with Gasteiger partial charge >= 0.3 is 0 Å². The summed E-state index contributed by atoms with van der Waals surface area (Å²) in [6.45, 7) is 5.56. The van der Waals surface area contributed by atoms with E-state index >= 15 is 0 Å². The molecule has 0 saturated carbocycles. The van der Waals surface area contributed by atoms with Crippen LogP contribution in [0.1, 0.15) is 32.6 Å². The first-order chi connectivity index (χ1) is 5.88. The molecule has 3 N–H and O–H groups in total. The Kier molecular flexibility index (Phi) is 4.58. The number of piperidine rings is 1. The standard InChI is InChI=1S/C9H21N3/c1-2-9-5-3-4-7-12(9)8-6-11-10/h9,11H,2-8,10H2,1H3. The number of nitrogens with one attached hydrogen (secondary N) is 1. The van der Waals surface area contributed by atoms with E-state index in [2.05, 4.69) is 17.2 Å². The number of hydrazine groups is 1. The first-order valence-electron chi connectivity index (χ1n) is 5.06. The highest BCUT2D eigenvalue weighted by atomic mass is 15.2. The molecular formula is C9H21N3. The molecule has 0 spiro atoms. The zero-order valence-electron chi connectivity index (χ0n) is 8.05. The van der Waals surface area contributed by atoms with Gasteiger partial charge in [0.1, 0.15) is 0 Å². The molecule has 1 aliphatic heterocycles. The summed E-state index contributed by atoms with van der Waals surface area (Å²) in [5.41, 5.74) is 2.72. The van der Waals surface area contributed by atoms with Gasteiger partial charge in [0, 0.05) is 19.1 Å². The van der Waals surface area contributed by atoms with Gasteiger partial charge in [-0.25, -0.2) is 0 Å². The summed E-state index contributed by atoms with van der Waals surface area (Å²) in [6, 6.07) is 0.812. The van der Waals surface area contributed by atoms with Crippen LogP contribution in [0.5, 0.6) is 0 Å². The quantitative estimate of drug-likeness (QED) is 0.483. The van der Waals surface area contributed by atoms with Gasteiger partial charge in [-0.1, -0.05) is 13.3 Å². The third-order valence-electron chi connectivity index (χ3n) is 2.76. The molecule has 0 aromatic rings. The largest absolute Gasteiger partial charge is 0.299 e. The van der Waals surface area contributed by atoms with Gasteiger partial charge in [-0.05, 0) is 25.8 Å². The van der Waals surface area contributed by atoms with Crippen molar-refractivity contribution in [3.05, 3.63) is 0 Å². The number of hydrogen-bond donors (Lipinski definition) is 2. The van der Waals surface area contributed by atoms with E-state index in [0.29, 0.717) is 0 Å². The summed E-state index contributed by atoms with van der Waals surface area (Å²) in [4.78, 5) is 2.56. The van der Waals surface area contributed by atoms with Crippen LogP contribution >= 0.6 is 0 Å². The fraction of sp³-hybridized carbons (Fsp3) is 1.00. The molecule has 0 aliphatic carbocycles. The Bertz CT molecular complexity index is 116. The highest BCUT2D eigenvalue weighted by Crippen LogP contribution is 2.18. The van der Waals surface area contributed by atoms with Crippen LogP contribution in [-0.2, 0) is 0 Å². The fourth-order valence-corrected chi connectivity index (χ4v) is 2.02. The highest BCUT2D eigenvalue weighted by molar-refractivity contribution is 4.75. The molecular weight excluding hydrogens is 150 g/mol. The Morgan fingerprint density at radius 2 is 2.33 bits per heavy atom. The number of nitrogens with two attached hydrogens (primary N) is 1. The van der Waals surface area contributed by atoms with Crippen LogP contribution in [0.3, 0.4) is 0 Å². The number of nitrogens with zero attached hydrogens (tertiary/aromatic N) is 1. The van der Waals surface area contributed by atoms with Gasteiger partial charge in [-0.2, -0.15) is 0 Å². The van der Waals surface area contributed by atoms with Crippen LogP contribution in [0.15, 0.2) is 0 Å². The molecule has 0 aromatic carbocycles. The average molecular weight is 171 g/mol. The predicted octanol–water partition coefficient (Wildman–Crippen LogP) is 0.714. The topological polar surface area (TPSA) is 41.3 Å². The smallest absolute Gasteiger partial charge is 0.0225 e. The second-order valence-corrected chi connectivity index (χ2v) is 3.55. The van der Waals surface area contributed by atoms with Gasteiger partial charge in [-0.15, -0.1) is 0 Å². The maximum Gasteiger partial charge on any atom is 0.0225 e. The summed E-state index contributed by atoms with van der Waals surface area (Å²) in [5.74, 6) is 5.26. The average Bonchev–Trinajstić information content (AvgIpc) is 2.15. The molecule has 3 nitrogen and oxygen atoms in total. The second kappa shape index (κ2) is 5.51. The summed E-state index contributed by atoms with van der Waals surface area (Å²) in [6.07, 6.45) is 5.43. The number of hydrogen-bond acceptors (Lipinski definition) is 3. The Hall–Kier alpha value is -0.120. The zero-order chi connectivity index (χ0) is 8.81. The fourth-order valence-electron chi connectivity index (χ4n) is 2.02. The lowest BCUT2D eigenvalue weighted by molar-refractivity contribution is 0.145. The van der Waals surface area contributed by atoms with Crippen LogP contribution < -0.4 is 11.3 Å². The molecule has 0 amide bonds. The minimum atomic E-state index is 0.812. The minimum Gasteiger partial charge on any atom is -0.299 e. The molecule has 0 bridgehead atoms. The van der Waals surface area contributed by atoms with Crippen molar-refractivity contribution in [2.24, 2.45) is 5.84 Å². The van der Waals surface area contributed by atoms with Crippen molar-refractivity contribution in [1.82, 2.24) is 10.3 Å². The maximum atomic E-state index is 5.26. The van der Waals surface area contributed by atoms with Gasteiger partial charge in [0.25, 0.3) is 0 Å². The summed E-state index contributed by atoms with van der Waals surface area (Å²) < 4.78 is 0. The van der Waals surface area contributed by atoms with Crippen LogP contribution in [0.2, 0.25) is 0 Å². The van der Waals surface area contributed by atoms with Crippen molar-refractivity contribution in [3.63, 3.8) is 0 Å². The van der Waals surface area contributed by atoms with Crippen LogP contribution in [0, 0.1) is 0 Å². The Balaban J connectivity index is 2.26. The minimum absolute atomic E-state index is 0.812. The monoisotopic (exact) mass is 171 g/mol. The highest BCUT2D eigenvalue weighted by Gasteiger charge is 2.19. The molecule has 72 valence electrons. The zero-order valence-corrected chi connectivity index (χ0v) is 8.05. The van der Waals surface area contributed by atoms with Gasteiger partial charge in [0.05, 0.1) is 0 Å². The van der Waals surface area contributed by atoms with Crippen molar-refractivity contribution in [1.29, 1.82) is 0 Å². The molecule has 1 saturated heterocycles. The lowest BCUT2D eigenvalue weighted by Gasteiger charge is -2.35. The van der Waals surface area contributed by atoms with Gasteiger partial charge in [-0.3, -0.25) is 16.2 Å². The van der Waals surface area contributed by atoms with Crippen molar-refractivity contribution < 1.29 is 0 Å². The Labute approximate surface area is 75.3 Å². The van der Waals surface area contributed by atoms with Crippen LogP contribution in [0.4, 0.5) is 0 Å². The molecule has 1 rings (SSSR count). The third kappa shape index (κ3) is 2.73. The van der Waals surface area contributed by atoms with E-state index in [1.54, 1.807) is 0 Å². The van der Waals surface area contributed by atoms with E-state index < -0.39 is 0 Å². The van der Waals surface area contributed by atoms with Crippen molar-refractivity contribution in [2.75, 3.05) is 19.6 Å². The first-order valence-corrected chi connectivity index (χ1v) is 5.06. The van der Waals surface area contributed by atoms with Gasteiger partial charge < -0.3 is 0 Å². The third-order valence-corrected chi connectivity index (χ3v) is 2.76. The molecule has 1 atom stereocenters. The maximum absolute atomic E-state index is 5.26. The van der Waals surface area contributed by atoms with Gasteiger partial charge in [0.2, 0.25) is 0 Å². The van der Waals surface area contributed by atoms with Crippen molar-refractivity contribution in [2.45, 2.75) is 38.6 Å². The SMILES string of the molecule is CCC1CCCCN1CCNN. The lowest BCUT2D eigenvalue weighted by atomic mass is 10.0. The molecule has 3 heteroatoms. The van der Waals surface area contributed by atoms with E-state index in [1.807, 2.05) is 0 Å². The van der Waals surface area contributed by atoms with Crippen LogP contribution in [-0.4, -0.2) is 30.6 Å². The molecule has 1 unspecified atom stereocenters. The molecule has 1 heterocycles. The summed E-state index contributed by atoms with van der Waals surface area (Å²) >= 11 is 0. The molecule has 0 radical (unpaired) electrons. The van der Waals surface area contributed by atoms with Crippen LogP contribution in [0.25, 0.3) is 0 Å². The van der Waals surface area contributed by atoms with E-state index in [9.17, 15) is 0 Å². The summed E-state index contributed by atoms with van der Waals surface area (Å²) in [7, 11) is 0. The van der Waals surface area contributed by atoms with E-state index in [0.717, 1.165) is 19.1 Å². The van der Waals surface area contributed by atoms with Crippen molar-refractivity contribution >= 4 is 0 Å². The van der Waals surface area contributed by atoms with E-state index in [1.165, 1.54) is 32.2 Å². The lowest BCUT2D eigenvalue weighted by Crippen LogP contribution is -2.43. The van der Waals surface area contributed by atoms with Gasteiger partial charge in [0.15, 0.2) is 0 Å². The molecule has 1 fully saturated rings. The molecule has 0 aromatic heterocycles. The number of likely N-dealkylation sites (tertiary alicyclic amines) is 1. The first kappa shape index (κ1) is 9.96. The predicted molar refractivity (Wildman–Crippen MR) is 51.7 cm³/mol. The van der Waals surface area contributed by atoms with E-state index in [-0.39, 0.29) is 0 Å². The molecule has 1 aliphatic rings.